The third-order valence-corrected chi connectivity index (χ3v) is 3.09. The van der Waals surface area contributed by atoms with E-state index >= 15 is 0 Å². The van der Waals surface area contributed by atoms with Crippen LogP contribution in [0.3, 0.4) is 0 Å². The SMILES string of the molecule is CCCOc1ccccc1OC(CC)C(N)CCC. The number of hydrogen-bond donors (Lipinski definition) is 1. The molecular weight excluding hydrogens is 238 g/mol. The summed E-state index contributed by atoms with van der Waals surface area (Å²) in [4.78, 5) is 0. The maximum Gasteiger partial charge on any atom is 0.161 e. The van der Waals surface area contributed by atoms with Gasteiger partial charge in [0.05, 0.1) is 6.61 Å². The van der Waals surface area contributed by atoms with E-state index in [9.17, 15) is 0 Å². The molecule has 19 heavy (non-hydrogen) atoms. The van der Waals surface area contributed by atoms with E-state index in [4.69, 9.17) is 15.2 Å². The highest BCUT2D eigenvalue weighted by Crippen LogP contribution is 2.28. The van der Waals surface area contributed by atoms with Gasteiger partial charge in [0, 0.05) is 6.04 Å². The summed E-state index contributed by atoms with van der Waals surface area (Å²) in [6.07, 6.45) is 4.00. The molecule has 0 radical (unpaired) electrons. The van der Waals surface area contributed by atoms with Crippen LogP contribution in [0.4, 0.5) is 0 Å². The minimum absolute atomic E-state index is 0.0475. The average molecular weight is 265 g/mol. The molecule has 0 heterocycles. The van der Waals surface area contributed by atoms with E-state index in [2.05, 4.69) is 20.8 Å². The number of hydrogen-bond acceptors (Lipinski definition) is 3. The van der Waals surface area contributed by atoms with Gasteiger partial charge >= 0.3 is 0 Å². The fourth-order valence-electron chi connectivity index (χ4n) is 2.03. The first-order valence-corrected chi connectivity index (χ1v) is 7.36. The number of nitrogens with two attached hydrogens (primary N) is 1. The van der Waals surface area contributed by atoms with Crippen LogP contribution >= 0.6 is 0 Å². The maximum absolute atomic E-state index is 6.17. The first kappa shape index (κ1) is 15.8. The van der Waals surface area contributed by atoms with Crippen molar-refractivity contribution in [3.05, 3.63) is 24.3 Å². The second-order valence-corrected chi connectivity index (χ2v) is 4.81. The Morgan fingerprint density at radius 2 is 1.74 bits per heavy atom. The lowest BCUT2D eigenvalue weighted by atomic mass is 10.0. The summed E-state index contributed by atoms with van der Waals surface area (Å²) in [7, 11) is 0. The molecule has 1 rings (SSSR count). The summed E-state index contributed by atoms with van der Waals surface area (Å²) in [5, 5.41) is 0. The third-order valence-electron chi connectivity index (χ3n) is 3.09. The summed E-state index contributed by atoms with van der Waals surface area (Å²) in [5.41, 5.74) is 6.17. The lowest BCUT2D eigenvalue weighted by molar-refractivity contribution is 0.153. The van der Waals surface area contributed by atoms with Crippen LogP contribution in [0.2, 0.25) is 0 Å². The third kappa shape index (κ3) is 5.11. The van der Waals surface area contributed by atoms with Crippen LogP contribution in [0.25, 0.3) is 0 Å². The minimum atomic E-state index is 0.0475. The molecule has 0 aliphatic carbocycles. The van der Waals surface area contributed by atoms with Crippen molar-refractivity contribution in [1.82, 2.24) is 0 Å². The largest absolute Gasteiger partial charge is 0.490 e. The standard InChI is InChI=1S/C16H27NO2/c1-4-9-13(17)14(6-3)19-16-11-8-7-10-15(16)18-12-5-2/h7-8,10-11,13-14H,4-6,9,12,17H2,1-3H3. The second-order valence-electron chi connectivity index (χ2n) is 4.81. The Morgan fingerprint density at radius 3 is 2.32 bits per heavy atom. The number of rotatable bonds is 9. The Morgan fingerprint density at radius 1 is 1.05 bits per heavy atom. The summed E-state index contributed by atoms with van der Waals surface area (Å²) in [6.45, 7) is 7.05. The topological polar surface area (TPSA) is 44.5 Å². The lowest BCUT2D eigenvalue weighted by Gasteiger charge is -2.24. The molecular formula is C16H27NO2. The van der Waals surface area contributed by atoms with Crippen molar-refractivity contribution >= 4 is 0 Å². The Hall–Kier alpha value is -1.22. The van der Waals surface area contributed by atoms with Crippen molar-refractivity contribution in [2.45, 2.75) is 58.6 Å². The summed E-state index contributed by atoms with van der Waals surface area (Å²) in [6, 6.07) is 7.90. The molecule has 3 nitrogen and oxygen atoms in total. The molecule has 0 aromatic heterocycles. The normalized spacial score (nSPS) is 13.9. The van der Waals surface area contributed by atoms with Crippen molar-refractivity contribution < 1.29 is 9.47 Å². The summed E-state index contributed by atoms with van der Waals surface area (Å²) >= 11 is 0. The number of para-hydroxylation sites is 2. The molecule has 3 heteroatoms. The monoisotopic (exact) mass is 265 g/mol. The molecule has 0 aliphatic rings. The highest BCUT2D eigenvalue weighted by molar-refractivity contribution is 5.39. The van der Waals surface area contributed by atoms with Crippen LogP contribution < -0.4 is 15.2 Å². The average Bonchev–Trinajstić information content (AvgIpc) is 2.43. The zero-order valence-corrected chi connectivity index (χ0v) is 12.4. The van der Waals surface area contributed by atoms with Gasteiger partial charge in [-0.2, -0.15) is 0 Å². The van der Waals surface area contributed by atoms with Gasteiger partial charge < -0.3 is 15.2 Å². The predicted molar refractivity (Wildman–Crippen MR) is 79.8 cm³/mol. The molecule has 0 aliphatic heterocycles. The quantitative estimate of drug-likeness (QED) is 0.739. The molecule has 1 aromatic carbocycles. The molecule has 2 atom stereocenters. The number of ether oxygens (including phenoxy) is 2. The fraction of sp³-hybridized carbons (Fsp3) is 0.625. The molecule has 1 aromatic rings. The van der Waals surface area contributed by atoms with Crippen molar-refractivity contribution in [1.29, 1.82) is 0 Å². The fourth-order valence-corrected chi connectivity index (χ4v) is 2.03. The van der Waals surface area contributed by atoms with Crippen LogP contribution in [0.1, 0.15) is 46.5 Å². The van der Waals surface area contributed by atoms with Crippen LogP contribution in [0.5, 0.6) is 11.5 Å². The van der Waals surface area contributed by atoms with Gasteiger partial charge in [-0.25, -0.2) is 0 Å². The Balaban J connectivity index is 2.72. The first-order valence-electron chi connectivity index (χ1n) is 7.36. The lowest BCUT2D eigenvalue weighted by Crippen LogP contribution is -2.38. The van der Waals surface area contributed by atoms with Gasteiger partial charge in [-0.1, -0.05) is 39.3 Å². The molecule has 0 spiro atoms. The van der Waals surface area contributed by atoms with Crippen molar-refractivity contribution in [2.75, 3.05) is 6.61 Å². The Kier molecular flexibility index (Phi) is 7.34. The zero-order valence-electron chi connectivity index (χ0n) is 12.4. The van der Waals surface area contributed by atoms with Crippen molar-refractivity contribution in [3.63, 3.8) is 0 Å². The molecule has 2 N–H and O–H groups in total. The highest BCUT2D eigenvalue weighted by atomic mass is 16.5. The molecule has 0 fully saturated rings. The maximum atomic E-state index is 6.17. The van der Waals surface area contributed by atoms with Crippen molar-refractivity contribution in [3.8, 4) is 11.5 Å². The van der Waals surface area contributed by atoms with Gasteiger partial charge in [-0.05, 0) is 31.4 Å². The first-order chi connectivity index (χ1) is 9.22. The van der Waals surface area contributed by atoms with Gasteiger partial charge in [0.1, 0.15) is 6.10 Å². The number of benzene rings is 1. The second kappa shape index (κ2) is 8.81. The van der Waals surface area contributed by atoms with E-state index < -0.39 is 0 Å². The molecule has 0 amide bonds. The van der Waals surface area contributed by atoms with Gasteiger partial charge in [-0.3, -0.25) is 0 Å². The van der Waals surface area contributed by atoms with E-state index in [0.717, 1.165) is 37.2 Å². The predicted octanol–water partition coefficient (Wildman–Crippen LogP) is 3.76. The van der Waals surface area contributed by atoms with Crippen molar-refractivity contribution in [2.24, 2.45) is 5.73 Å². The smallest absolute Gasteiger partial charge is 0.161 e. The summed E-state index contributed by atoms with van der Waals surface area (Å²) < 4.78 is 11.8. The van der Waals surface area contributed by atoms with Gasteiger partial charge in [0.2, 0.25) is 0 Å². The van der Waals surface area contributed by atoms with Crippen LogP contribution in [0.15, 0.2) is 24.3 Å². The molecule has 0 bridgehead atoms. The van der Waals surface area contributed by atoms with E-state index in [1.165, 1.54) is 0 Å². The Labute approximate surface area is 117 Å². The van der Waals surface area contributed by atoms with Gasteiger partial charge in [-0.15, -0.1) is 0 Å². The molecule has 0 saturated carbocycles. The van der Waals surface area contributed by atoms with E-state index in [1.807, 2.05) is 24.3 Å². The molecule has 108 valence electrons. The zero-order chi connectivity index (χ0) is 14.1. The van der Waals surface area contributed by atoms with Crippen LogP contribution in [0, 0.1) is 0 Å². The molecule has 0 saturated heterocycles. The van der Waals surface area contributed by atoms with Gasteiger partial charge in [0.25, 0.3) is 0 Å². The van der Waals surface area contributed by atoms with Crippen LogP contribution in [-0.2, 0) is 0 Å². The summed E-state index contributed by atoms with van der Waals surface area (Å²) in [5.74, 6) is 1.61. The van der Waals surface area contributed by atoms with E-state index in [1.54, 1.807) is 0 Å². The Bertz CT molecular complexity index is 354. The minimum Gasteiger partial charge on any atom is -0.490 e. The van der Waals surface area contributed by atoms with E-state index in [-0.39, 0.29) is 12.1 Å². The highest BCUT2D eigenvalue weighted by Gasteiger charge is 2.18. The van der Waals surface area contributed by atoms with Crippen LogP contribution in [-0.4, -0.2) is 18.8 Å². The molecule has 2 unspecified atom stereocenters. The van der Waals surface area contributed by atoms with Gasteiger partial charge in [0.15, 0.2) is 11.5 Å². The van der Waals surface area contributed by atoms with E-state index in [0.29, 0.717) is 6.61 Å².